The van der Waals surface area contributed by atoms with Crippen molar-refractivity contribution in [3.8, 4) is 5.88 Å². The molecule has 0 aliphatic rings. The van der Waals surface area contributed by atoms with Gasteiger partial charge in [0.25, 0.3) is 0 Å². The summed E-state index contributed by atoms with van der Waals surface area (Å²) in [7, 11) is 1.67. The largest absolute Gasteiger partial charge is 0.494 e. The van der Waals surface area contributed by atoms with Gasteiger partial charge in [0.2, 0.25) is 5.91 Å². The average Bonchev–Trinajstić information content (AvgIpc) is 3.31. The number of nitrogens with zero attached hydrogens (tertiary/aromatic N) is 3. The number of amides is 1. The van der Waals surface area contributed by atoms with Crippen LogP contribution in [0.4, 0.5) is 11.4 Å². The highest BCUT2D eigenvalue weighted by Crippen LogP contribution is 2.32. The van der Waals surface area contributed by atoms with Crippen LogP contribution in [0.1, 0.15) is 28.4 Å². The second-order valence-electron chi connectivity index (χ2n) is 9.35. The van der Waals surface area contributed by atoms with E-state index in [0.29, 0.717) is 52.2 Å². The highest BCUT2D eigenvalue weighted by Gasteiger charge is 2.20. The summed E-state index contributed by atoms with van der Waals surface area (Å²) in [5.41, 5.74) is 4.00. The van der Waals surface area contributed by atoms with Crippen molar-refractivity contribution in [3.05, 3.63) is 89.5 Å². The van der Waals surface area contributed by atoms with Crippen LogP contribution >= 0.6 is 0 Å². The van der Waals surface area contributed by atoms with Crippen molar-refractivity contribution in [2.75, 3.05) is 51.4 Å². The molecule has 0 saturated heterocycles. The van der Waals surface area contributed by atoms with Gasteiger partial charge in [-0.2, -0.15) is 0 Å². The predicted molar refractivity (Wildman–Crippen MR) is 158 cm³/mol. The zero-order valence-electron chi connectivity index (χ0n) is 23.1. The summed E-state index contributed by atoms with van der Waals surface area (Å²) in [6.45, 7) is 2.44. The van der Waals surface area contributed by atoms with E-state index < -0.39 is 5.97 Å². The normalized spacial score (nSPS) is 11.7. The number of benzene rings is 3. The number of ether oxygens (including phenoxy) is 1. The van der Waals surface area contributed by atoms with Crippen molar-refractivity contribution in [3.63, 3.8) is 0 Å². The third-order valence-electron chi connectivity index (χ3n) is 6.62. The molecule has 41 heavy (non-hydrogen) atoms. The Labute approximate surface area is 238 Å². The highest BCUT2D eigenvalue weighted by atomic mass is 16.5. The topological polar surface area (TPSA) is 139 Å². The lowest BCUT2D eigenvalue weighted by molar-refractivity contribution is -0.119. The quantitative estimate of drug-likeness (QED) is 0.154. The molecule has 4 aromatic rings. The summed E-state index contributed by atoms with van der Waals surface area (Å²) in [6.07, 6.45) is 0. The fourth-order valence-corrected chi connectivity index (χ4v) is 4.50. The van der Waals surface area contributed by atoms with Gasteiger partial charge in [0.05, 0.1) is 48.9 Å². The fraction of sp³-hybridized carbons (Fsp3) is 0.258. The van der Waals surface area contributed by atoms with Gasteiger partial charge >= 0.3 is 5.97 Å². The molecule has 0 spiro atoms. The molecule has 0 saturated carbocycles. The summed E-state index contributed by atoms with van der Waals surface area (Å²) in [5, 5.41) is 30.1. The first-order valence-corrected chi connectivity index (χ1v) is 13.3. The number of aliphatic hydroxyl groups is 2. The first-order valence-electron chi connectivity index (χ1n) is 13.3. The van der Waals surface area contributed by atoms with Gasteiger partial charge in [-0.1, -0.05) is 36.4 Å². The molecule has 0 unspecified atom stereocenters. The molecule has 1 amide bonds. The highest BCUT2D eigenvalue weighted by molar-refractivity contribution is 6.22. The molecule has 0 atom stereocenters. The summed E-state index contributed by atoms with van der Waals surface area (Å²) in [6, 6.07) is 21.6. The van der Waals surface area contributed by atoms with Gasteiger partial charge in [-0.15, -0.1) is 0 Å². The van der Waals surface area contributed by atoms with E-state index in [2.05, 4.69) is 4.98 Å². The number of nitrogens with one attached hydrogen (secondary N) is 1. The zero-order valence-corrected chi connectivity index (χ0v) is 23.1. The molecule has 3 aromatic carbocycles. The van der Waals surface area contributed by atoms with E-state index in [4.69, 9.17) is 9.73 Å². The van der Waals surface area contributed by atoms with Crippen LogP contribution in [0.3, 0.4) is 0 Å². The Morgan fingerprint density at radius 1 is 0.927 bits per heavy atom. The molecule has 0 radical (unpaired) electrons. The van der Waals surface area contributed by atoms with Crippen molar-refractivity contribution in [1.82, 2.24) is 9.88 Å². The number of aromatic amines is 1. The van der Waals surface area contributed by atoms with Crippen LogP contribution in [0, 0.1) is 0 Å². The minimum absolute atomic E-state index is 0.0629. The summed E-state index contributed by atoms with van der Waals surface area (Å²) < 4.78 is 5.11. The molecule has 10 heteroatoms. The van der Waals surface area contributed by atoms with E-state index in [9.17, 15) is 24.9 Å². The maximum absolute atomic E-state index is 12.8. The third-order valence-corrected chi connectivity index (χ3v) is 6.62. The molecule has 10 nitrogen and oxygen atoms in total. The molecule has 214 valence electrons. The third kappa shape index (κ3) is 6.98. The van der Waals surface area contributed by atoms with Crippen molar-refractivity contribution in [2.24, 2.45) is 4.99 Å². The number of likely N-dealkylation sites (N-methyl/N-ethyl adjacent to an activating group) is 1. The summed E-state index contributed by atoms with van der Waals surface area (Å²) >= 11 is 0. The number of hydrogen-bond donors (Lipinski definition) is 4. The second kappa shape index (κ2) is 13.7. The number of carbonyl (C=O) groups is 2. The van der Waals surface area contributed by atoms with Gasteiger partial charge in [-0.3, -0.25) is 9.69 Å². The molecular formula is C31H34N4O6. The summed E-state index contributed by atoms with van der Waals surface area (Å²) in [4.78, 5) is 36.1. The van der Waals surface area contributed by atoms with E-state index in [0.717, 1.165) is 5.56 Å². The Kier molecular flexibility index (Phi) is 9.86. The minimum Gasteiger partial charge on any atom is -0.494 e. The van der Waals surface area contributed by atoms with Gasteiger partial charge in [0.15, 0.2) is 5.88 Å². The lowest BCUT2D eigenvalue weighted by Crippen LogP contribution is -2.40. The van der Waals surface area contributed by atoms with E-state index in [-0.39, 0.29) is 38.2 Å². The molecule has 1 aromatic heterocycles. The number of H-pyrrole nitrogens is 1. The number of esters is 1. The maximum atomic E-state index is 12.8. The lowest BCUT2D eigenvalue weighted by Gasteiger charge is -2.24. The number of rotatable bonds is 12. The Morgan fingerprint density at radius 2 is 1.61 bits per heavy atom. The minimum atomic E-state index is -0.444. The number of hydrogen-bond acceptors (Lipinski definition) is 8. The Bertz CT molecular complexity index is 1510. The van der Waals surface area contributed by atoms with Crippen molar-refractivity contribution < 1.29 is 29.6 Å². The fourth-order valence-electron chi connectivity index (χ4n) is 4.50. The molecule has 0 bridgehead atoms. The number of fused-ring (bicyclic) bond motifs is 1. The van der Waals surface area contributed by atoms with Crippen LogP contribution in [0.15, 0.2) is 77.8 Å². The van der Waals surface area contributed by atoms with Gasteiger partial charge in [-0.25, -0.2) is 9.79 Å². The molecule has 0 aliphatic heterocycles. The molecular weight excluding hydrogens is 524 g/mol. The number of aliphatic imine (C=N–C) groups is 1. The van der Waals surface area contributed by atoms with Crippen molar-refractivity contribution in [1.29, 1.82) is 0 Å². The molecule has 0 aliphatic carbocycles. The Hall–Kier alpha value is -4.51. The van der Waals surface area contributed by atoms with Gasteiger partial charge in [-0.05, 0) is 43.3 Å². The van der Waals surface area contributed by atoms with E-state index in [1.807, 2.05) is 30.3 Å². The first kappa shape index (κ1) is 29.5. The first-order chi connectivity index (χ1) is 19.9. The molecule has 1 heterocycles. The van der Waals surface area contributed by atoms with Gasteiger partial charge in [0, 0.05) is 42.3 Å². The number of anilines is 1. The second-order valence-corrected chi connectivity index (χ2v) is 9.35. The SMILES string of the molecule is CCOC(=O)c1ccc2c(C(=Nc3ccc(N(C)C(=O)CN(CCO)CCO)cc3)c3ccccc3)c(O)[nH]c2c1. The summed E-state index contributed by atoms with van der Waals surface area (Å²) in [5.74, 6) is -0.708. The number of aromatic nitrogens is 1. The number of aliphatic hydroxyl groups excluding tert-OH is 2. The van der Waals surface area contributed by atoms with E-state index >= 15 is 0 Å². The van der Waals surface area contributed by atoms with Crippen LogP contribution in [-0.2, 0) is 9.53 Å². The predicted octanol–water partition coefficient (Wildman–Crippen LogP) is 3.47. The monoisotopic (exact) mass is 558 g/mol. The molecule has 4 rings (SSSR count). The van der Waals surface area contributed by atoms with Crippen molar-refractivity contribution >= 4 is 39.9 Å². The van der Waals surface area contributed by atoms with E-state index in [1.54, 1.807) is 61.3 Å². The molecule has 4 N–H and O–H groups in total. The molecule has 0 fully saturated rings. The Morgan fingerprint density at radius 3 is 2.24 bits per heavy atom. The van der Waals surface area contributed by atoms with Crippen LogP contribution < -0.4 is 4.90 Å². The van der Waals surface area contributed by atoms with E-state index in [1.165, 1.54) is 4.90 Å². The average molecular weight is 559 g/mol. The number of carbonyl (C=O) groups excluding carboxylic acids is 2. The van der Waals surface area contributed by atoms with Gasteiger partial charge < -0.3 is 29.9 Å². The maximum Gasteiger partial charge on any atom is 0.338 e. The van der Waals surface area contributed by atoms with Crippen molar-refractivity contribution in [2.45, 2.75) is 6.92 Å². The standard InChI is InChI=1S/C31H34N4O6/c1-3-41-31(40)22-9-14-25-26(19-22)33-30(39)28(25)29(21-7-5-4-6-8-21)32-23-10-12-24(13-11-23)34(2)27(38)20-35(15-17-36)16-18-37/h4-14,19,33,36-37,39H,3,15-18,20H2,1-2H3. The Balaban J connectivity index is 1.67. The smallest absolute Gasteiger partial charge is 0.338 e. The van der Waals surface area contributed by atoms with Crippen LogP contribution in [0.5, 0.6) is 5.88 Å². The van der Waals surface area contributed by atoms with Gasteiger partial charge in [0.1, 0.15) is 0 Å². The van der Waals surface area contributed by atoms with Crippen LogP contribution in [0.2, 0.25) is 0 Å². The van der Waals surface area contributed by atoms with Crippen LogP contribution in [-0.4, -0.2) is 89.3 Å². The number of aromatic hydroxyl groups is 1. The zero-order chi connectivity index (χ0) is 29.4. The van der Waals surface area contributed by atoms with Crippen LogP contribution in [0.25, 0.3) is 10.9 Å². The lowest BCUT2D eigenvalue weighted by atomic mass is 10.00.